The van der Waals surface area contributed by atoms with E-state index in [1.54, 1.807) is 12.1 Å². The average Bonchev–Trinajstić information content (AvgIpc) is 2.73. The molecule has 1 N–H and O–H groups in total. The van der Waals surface area contributed by atoms with Gasteiger partial charge < -0.3 is 0 Å². The minimum atomic E-state index is -0.393. The van der Waals surface area contributed by atoms with E-state index in [2.05, 4.69) is 15.4 Å². The summed E-state index contributed by atoms with van der Waals surface area (Å²) in [6.07, 6.45) is 1.55. The molecule has 1 fully saturated rings. The lowest BCUT2D eigenvalue weighted by Gasteiger charge is -2.30. The molecule has 0 saturated carbocycles. The Kier molecular flexibility index (Phi) is 6.49. The van der Waals surface area contributed by atoms with Crippen molar-refractivity contribution < 1.29 is 9.72 Å². The predicted octanol–water partition coefficient (Wildman–Crippen LogP) is 3.35. The van der Waals surface area contributed by atoms with Crippen molar-refractivity contribution in [2.24, 2.45) is 11.0 Å². The highest BCUT2D eigenvalue weighted by Crippen LogP contribution is 2.20. The quantitative estimate of drug-likeness (QED) is 0.473. The van der Waals surface area contributed by atoms with E-state index in [9.17, 15) is 14.9 Å². The van der Waals surface area contributed by atoms with Crippen LogP contribution in [0.5, 0.6) is 0 Å². The number of carbonyl (C=O) groups is 1. The fourth-order valence-corrected chi connectivity index (χ4v) is 3.31. The Bertz CT molecular complexity index is 842. The van der Waals surface area contributed by atoms with Gasteiger partial charge in [0.25, 0.3) is 5.69 Å². The SMILES string of the molecule is CC(=NNC(=O)C1CCN(Cc2ccc([N+](=O)[O-])cc2)CC1)c1ccccc1. The van der Waals surface area contributed by atoms with E-state index in [-0.39, 0.29) is 17.5 Å². The van der Waals surface area contributed by atoms with Gasteiger partial charge in [0.15, 0.2) is 0 Å². The molecule has 0 unspecified atom stereocenters. The third-order valence-electron chi connectivity index (χ3n) is 5.04. The second-order valence-corrected chi connectivity index (χ2v) is 7.01. The minimum absolute atomic E-state index is 0.0368. The highest BCUT2D eigenvalue weighted by atomic mass is 16.6. The molecule has 0 aromatic heterocycles. The zero-order valence-corrected chi connectivity index (χ0v) is 15.9. The number of piperidine rings is 1. The van der Waals surface area contributed by atoms with Crippen molar-refractivity contribution in [3.8, 4) is 0 Å². The number of hydrogen-bond donors (Lipinski definition) is 1. The lowest BCUT2D eigenvalue weighted by atomic mass is 9.96. The van der Waals surface area contributed by atoms with Gasteiger partial charge in [-0.25, -0.2) is 5.43 Å². The number of rotatable bonds is 6. The molecule has 0 aliphatic carbocycles. The number of nitrogens with zero attached hydrogens (tertiary/aromatic N) is 3. The second-order valence-electron chi connectivity index (χ2n) is 7.01. The van der Waals surface area contributed by atoms with Crippen LogP contribution >= 0.6 is 0 Å². The van der Waals surface area contributed by atoms with Gasteiger partial charge in [0.05, 0.1) is 10.6 Å². The summed E-state index contributed by atoms with van der Waals surface area (Å²) in [7, 11) is 0. The monoisotopic (exact) mass is 380 g/mol. The van der Waals surface area contributed by atoms with E-state index in [0.717, 1.165) is 49.3 Å². The number of benzene rings is 2. The fourth-order valence-electron chi connectivity index (χ4n) is 3.31. The number of carbonyl (C=O) groups excluding carboxylic acids is 1. The van der Waals surface area contributed by atoms with Gasteiger partial charge in [0.1, 0.15) is 0 Å². The average molecular weight is 380 g/mol. The molecule has 1 aliphatic heterocycles. The van der Waals surface area contributed by atoms with Gasteiger partial charge in [-0.2, -0.15) is 5.10 Å². The van der Waals surface area contributed by atoms with Crippen molar-refractivity contribution in [3.05, 3.63) is 75.8 Å². The van der Waals surface area contributed by atoms with Gasteiger partial charge in [-0.15, -0.1) is 0 Å². The Labute approximate surface area is 164 Å². The van der Waals surface area contributed by atoms with Gasteiger partial charge in [-0.1, -0.05) is 42.5 Å². The van der Waals surface area contributed by atoms with Gasteiger partial charge >= 0.3 is 0 Å². The number of hydrazone groups is 1. The van der Waals surface area contributed by atoms with Crippen molar-refractivity contribution >= 4 is 17.3 Å². The Morgan fingerprint density at radius 3 is 2.39 bits per heavy atom. The molecule has 1 amide bonds. The Balaban J connectivity index is 1.46. The zero-order valence-electron chi connectivity index (χ0n) is 15.9. The van der Waals surface area contributed by atoms with Crippen molar-refractivity contribution in [2.45, 2.75) is 26.3 Å². The number of nitrogens with one attached hydrogen (secondary N) is 1. The van der Waals surface area contributed by atoms with Crippen LogP contribution < -0.4 is 5.43 Å². The van der Waals surface area contributed by atoms with Crippen LogP contribution in [0.25, 0.3) is 0 Å². The molecule has 3 rings (SSSR count). The molecule has 7 heteroatoms. The number of likely N-dealkylation sites (tertiary alicyclic amines) is 1. The first kappa shape index (κ1) is 19.7. The van der Waals surface area contributed by atoms with Crippen LogP contribution in [0.3, 0.4) is 0 Å². The van der Waals surface area contributed by atoms with Crippen molar-refractivity contribution in [3.63, 3.8) is 0 Å². The summed E-state index contributed by atoms with van der Waals surface area (Å²) in [5.74, 6) is -0.0781. The molecular formula is C21H24N4O3. The first-order chi connectivity index (χ1) is 13.5. The maximum Gasteiger partial charge on any atom is 0.269 e. The standard InChI is InChI=1S/C21H24N4O3/c1-16(18-5-3-2-4-6-18)22-23-21(26)19-11-13-24(14-12-19)15-17-7-9-20(10-8-17)25(27)28/h2-10,19H,11-15H2,1H3,(H,23,26). The molecule has 0 radical (unpaired) electrons. The molecule has 7 nitrogen and oxygen atoms in total. The van der Waals surface area contributed by atoms with Gasteiger partial charge in [-0.05, 0) is 44.0 Å². The lowest BCUT2D eigenvalue weighted by molar-refractivity contribution is -0.384. The van der Waals surface area contributed by atoms with Gasteiger partial charge in [0, 0.05) is 24.6 Å². The highest BCUT2D eigenvalue weighted by molar-refractivity contribution is 5.99. The normalized spacial score (nSPS) is 16.0. The van der Waals surface area contributed by atoms with Gasteiger partial charge in [-0.3, -0.25) is 19.8 Å². The summed E-state index contributed by atoms with van der Waals surface area (Å²) in [5, 5.41) is 15.0. The van der Waals surface area contributed by atoms with Crippen LogP contribution in [-0.2, 0) is 11.3 Å². The molecule has 1 heterocycles. The molecule has 28 heavy (non-hydrogen) atoms. The van der Waals surface area contributed by atoms with Crippen LogP contribution in [-0.4, -0.2) is 34.5 Å². The van der Waals surface area contributed by atoms with Crippen molar-refractivity contribution in [2.75, 3.05) is 13.1 Å². The van der Waals surface area contributed by atoms with E-state index in [0.29, 0.717) is 0 Å². The topological polar surface area (TPSA) is 87.8 Å². The molecule has 0 bridgehead atoms. The Morgan fingerprint density at radius 2 is 1.79 bits per heavy atom. The van der Waals surface area contributed by atoms with Crippen LogP contribution in [0.2, 0.25) is 0 Å². The second kappa shape index (κ2) is 9.23. The summed E-state index contributed by atoms with van der Waals surface area (Å²) in [5.41, 5.74) is 5.61. The summed E-state index contributed by atoms with van der Waals surface area (Å²) >= 11 is 0. The Morgan fingerprint density at radius 1 is 1.14 bits per heavy atom. The van der Waals surface area contributed by atoms with Gasteiger partial charge in [0.2, 0.25) is 5.91 Å². The number of hydrogen-bond acceptors (Lipinski definition) is 5. The number of nitro groups is 1. The third kappa shape index (κ3) is 5.23. The first-order valence-corrected chi connectivity index (χ1v) is 9.38. The number of amides is 1. The maximum atomic E-state index is 12.4. The molecular weight excluding hydrogens is 356 g/mol. The van der Waals surface area contributed by atoms with E-state index < -0.39 is 4.92 Å². The summed E-state index contributed by atoms with van der Waals surface area (Å²) < 4.78 is 0. The summed E-state index contributed by atoms with van der Waals surface area (Å²) in [6.45, 7) is 4.24. The first-order valence-electron chi connectivity index (χ1n) is 9.38. The van der Waals surface area contributed by atoms with Crippen LogP contribution in [0, 0.1) is 16.0 Å². The van der Waals surface area contributed by atoms with Crippen molar-refractivity contribution in [1.82, 2.24) is 10.3 Å². The predicted molar refractivity (Wildman–Crippen MR) is 108 cm³/mol. The summed E-state index contributed by atoms with van der Waals surface area (Å²) in [6, 6.07) is 16.4. The fraction of sp³-hybridized carbons (Fsp3) is 0.333. The molecule has 2 aromatic rings. The minimum Gasteiger partial charge on any atom is -0.299 e. The van der Waals surface area contributed by atoms with E-state index in [1.165, 1.54) is 12.1 Å². The highest BCUT2D eigenvalue weighted by Gasteiger charge is 2.25. The molecule has 2 aromatic carbocycles. The van der Waals surface area contributed by atoms with E-state index >= 15 is 0 Å². The number of nitro benzene ring substituents is 1. The lowest BCUT2D eigenvalue weighted by Crippen LogP contribution is -2.39. The number of non-ortho nitro benzene ring substituents is 1. The van der Waals surface area contributed by atoms with Crippen LogP contribution in [0.15, 0.2) is 59.7 Å². The smallest absolute Gasteiger partial charge is 0.269 e. The molecule has 0 spiro atoms. The van der Waals surface area contributed by atoms with E-state index in [4.69, 9.17) is 0 Å². The van der Waals surface area contributed by atoms with E-state index in [1.807, 2.05) is 37.3 Å². The Hall–Kier alpha value is -3.06. The maximum absolute atomic E-state index is 12.4. The van der Waals surface area contributed by atoms with Crippen molar-refractivity contribution in [1.29, 1.82) is 0 Å². The van der Waals surface area contributed by atoms with Crippen LogP contribution in [0.4, 0.5) is 5.69 Å². The summed E-state index contributed by atoms with van der Waals surface area (Å²) in [4.78, 5) is 25.0. The largest absolute Gasteiger partial charge is 0.299 e. The van der Waals surface area contributed by atoms with Crippen LogP contribution in [0.1, 0.15) is 30.9 Å². The zero-order chi connectivity index (χ0) is 19.9. The third-order valence-corrected chi connectivity index (χ3v) is 5.04. The molecule has 1 saturated heterocycles. The molecule has 1 aliphatic rings. The molecule has 146 valence electrons. The molecule has 0 atom stereocenters.